The van der Waals surface area contributed by atoms with Crippen LogP contribution >= 0.6 is 0 Å². The van der Waals surface area contributed by atoms with Crippen LogP contribution in [0.3, 0.4) is 0 Å². The van der Waals surface area contributed by atoms with E-state index < -0.39 is 5.24 Å². The fraction of sp³-hybridized carbons (Fsp3) is 0.368. The van der Waals surface area contributed by atoms with Gasteiger partial charge in [-0.1, -0.05) is 6.07 Å². The number of piperazine rings is 1. The van der Waals surface area contributed by atoms with Gasteiger partial charge in [-0.05, 0) is 36.0 Å². The highest BCUT2D eigenvalue weighted by Crippen LogP contribution is 2.24. The second kappa shape index (κ2) is 8.24. The zero-order valence-electron chi connectivity index (χ0n) is 16.8. The molecule has 1 aromatic carbocycles. The molecular formula is C19H20B3N7O. The Morgan fingerprint density at radius 3 is 2.57 bits per heavy atom. The van der Waals surface area contributed by atoms with Gasteiger partial charge in [0.2, 0.25) is 5.91 Å². The van der Waals surface area contributed by atoms with Crippen LogP contribution in [-0.2, 0) is 10.0 Å². The molecule has 0 bridgehead atoms. The first-order chi connectivity index (χ1) is 14.3. The van der Waals surface area contributed by atoms with Gasteiger partial charge in [0, 0.05) is 43.3 Å². The first-order valence-corrected chi connectivity index (χ1v) is 9.68. The van der Waals surface area contributed by atoms with Crippen LogP contribution in [0, 0.1) is 0 Å². The van der Waals surface area contributed by atoms with Crippen molar-refractivity contribution in [3.05, 3.63) is 36.7 Å². The van der Waals surface area contributed by atoms with Gasteiger partial charge >= 0.3 is 0 Å². The van der Waals surface area contributed by atoms with Crippen LogP contribution in [-0.4, -0.2) is 99.0 Å². The lowest BCUT2D eigenvalue weighted by atomic mass is 9.49. The molecule has 4 rings (SSSR count). The van der Waals surface area contributed by atoms with E-state index in [0.29, 0.717) is 17.9 Å². The van der Waals surface area contributed by atoms with Crippen LogP contribution in [0.15, 0.2) is 36.7 Å². The summed E-state index contributed by atoms with van der Waals surface area (Å²) >= 11 is 0. The number of aromatic nitrogens is 4. The van der Waals surface area contributed by atoms with Gasteiger partial charge in [0.25, 0.3) is 0 Å². The van der Waals surface area contributed by atoms with Crippen LogP contribution < -0.4 is 5.32 Å². The molecule has 0 atom stereocenters. The Kier molecular flexibility index (Phi) is 5.66. The summed E-state index contributed by atoms with van der Waals surface area (Å²) < 4.78 is 1.29. The van der Waals surface area contributed by atoms with Gasteiger partial charge in [-0.3, -0.25) is 14.4 Å². The number of likely N-dealkylation sites (N-methyl/N-ethyl adjacent to an activating group) is 1. The molecule has 3 heterocycles. The summed E-state index contributed by atoms with van der Waals surface area (Å²) in [7, 11) is 19.1. The van der Waals surface area contributed by atoms with Gasteiger partial charge in [0.05, 0.1) is 41.8 Å². The molecule has 0 saturated carbocycles. The van der Waals surface area contributed by atoms with E-state index in [1.807, 2.05) is 18.2 Å². The third kappa shape index (κ3) is 4.74. The van der Waals surface area contributed by atoms with Crippen LogP contribution in [0.4, 0.5) is 5.82 Å². The predicted molar refractivity (Wildman–Crippen MR) is 119 cm³/mol. The van der Waals surface area contributed by atoms with Gasteiger partial charge < -0.3 is 10.2 Å². The number of hydrogen-bond donors (Lipinski definition) is 1. The van der Waals surface area contributed by atoms with Crippen LogP contribution in [0.1, 0.15) is 0 Å². The summed E-state index contributed by atoms with van der Waals surface area (Å²) in [6, 6.07) is 7.49. The molecule has 3 aromatic rings. The number of carbonyl (C=O) groups is 1. The van der Waals surface area contributed by atoms with Crippen molar-refractivity contribution in [1.29, 1.82) is 0 Å². The highest BCUT2D eigenvalue weighted by atomic mass is 16.2. The molecule has 11 heteroatoms. The third-order valence-electron chi connectivity index (χ3n) is 5.13. The van der Waals surface area contributed by atoms with Crippen LogP contribution in [0.25, 0.3) is 22.0 Å². The molecule has 0 unspecified atom stereocenters. The molecule has 6 radical (unpaired) electrons. The number of nitrogens with zero attached hydrogens (tertiary/aromatic N) is 6. The molecule has 1 amide bonds. The predicted octanol–water partition coefficient (Wildman–Crippen LogP) is -0.247. The van der Waals surface area contributed by atoms with E-state index >= 15 is 0 Å². The highest BCUT2D eigenvalue weighted by Gasteiger charge is 2.17. The fourth-order valence-corrected chi connectivity index (χ4v) is 3.36. The van der Waals surface area contributed by atoms with Crippen molar-refractivity contribution in [2.75, 3.05) is 45.1 Å². The maximum absolute atomic E-state index is 12.4. The lowest BCUT2D eigenvalue weighted by Crippen LogP contribution is -2.47. The van der Waals surface area contributed by atoms with Crippen molar-refractivity contribution in [2.45, 2.75) is 5.24 Å². The number of anilines is 1. The lowest BCUT2D eigenvalue weighted by molar-refractivity contribution is -0.117. The van der Waals surface area contributed by atoms with Crippen molar-refractivity contribution in [2.24, 2.45) is 0 Å². The minimum absolute atomic E-state index is 0.101. The van der Waals surface area contributed by atoms with Crippen molar-refractivity contribution >= 4 is 46.2 Å². The Labute approximate surface area is 179 Å². The molecule has 0 spiro atoms. The molecule has 1 aliphatic rings. The van der Waals surface area contributed by atoms with Crippen LogP contribution in [0.2, 0.25) is 0 Å². The number of rotatable bonds is 5. The number of hydrogen-bond acceptors (Lipinski definition) is 6. The summed E-state index contributed by atoms with van der Waals surface area (Å²) in [5.74, 6) is 0.315. The number of amides is 1. The second-order valence-electron chi connectivity index (χ2n) is 7.69. The summed E-state index contributed by atoms with van der Waals surface area (Å²) in [5.41, 5.74) is 2.41. The number of nitrogens with one attached hydrogen (secondary N) is 1. The van der Waals surface area contributed by atoms with E-state index in [0.717, 1.165) is 42.7 Å². The molecule has 8 nitrogen and oxygen atoms in total. The highest BCUT2D eigenvalue weighted by molar-refractivity contribution is 6.56. The molecule has 1 aliphatic heterocycles. The van der Waals surface area contributed by atoms with Gasteiger partial charge in [0.1, 0.15) is 0 Å². The smallest absolute Gasteiger partial charge is 0.239 e. The minimum atomic E-state index is -1.57. The fourth-order valence-electron chi connectivity index (χ4n) is 3.36. The molecule has 146 valence electrons. The zero-order chi connectivity index (χ0) is 21.3. The SMILES string of the molecule is [B]C([B])([B])n1cc(-c2ccc3nnc(NC(=O)CN4CCN(C)CC4)cc3c2)cn1. The van der Waals surface area contributed by atoms with E-state index in [1.165, 1.54) is 4.68 Å². The van der Waals surface area contributed by atoms with E-state index in [9.17, 15) is 4.79 Å². The standard InChI is InChI=1S/C19H20B3N7O/c1-27-4-6-28(7-5-27)12-18(30)24-17-9-14-8-13(2-3-16(14)25-26-17)15-10-23-29(11-15)19(20,21)22/h2-3,8-11H,4-7,12H2,1H3,(H,24,26,30). The van der Waals surface area contributed by atoms with Gasteiger partial charge in [0.15, 0.2) is 5.82 Å². The molecule has 1 N–H and O–H groups in total. The third-order valence-corrected chi connectivity index (χ3v) is 5.13. The number of carbonyl (C=O) groups excluding carboxylic acids is 1. The maximum Gasteiger partial charge on any atom is 0.239 e. The Morgan fingerprint density at radius 2 is 1.87 bits per heavy atom. The van der Waals surface area contributed by atoms with Gasteiger partial charge in [-0.25, -0.2) is 0 Å². The average molecular weight is 395 g/mol. The molecule has 1 fully saturated rings. The van der Waals surface area contributed by atoms with Crippen LogP contribution in [0.5, 0.6) is 0 Å². The number of benzene rings is 1. The van der Waals surface area contributed by atoms with Gasteiger partial charge in [-0.2, -0.15) is 5.10 Å². The Morgan fingerprint density at radius 1 is 1.10 bits per heavy atom. The van der Waals surface area contributed by atoms with E-state index in [2.05, 4.69) is 37.5 Å². The number of fused-ring (bicyclic) bond motifs is 1. The van der Waals surface area contributed by atoms with Crippen molar-refractivity contribution in [3.8, 4) is 11.1 Å². The normalized spacial score (nSPS) is 16.0. The molecule has 2 aromatic heterocycles. The van der Waals surface area contributed by atoms with Crippen molar-refractivity contribution < 1.29 is 4.79 Å². The molecule has 1 saturated heterocycles. The largest absolute Gasteiger partial charge is 0.308 e. The molecular weight excluding hydrogens is 375 g/mol. The quantitative estimate of drug-likeness (QED) is 0.601. The summed E-state index contributed by atoms with van der Waals surface area (Å²) in [6.07, 6.45) is 3.31. The summed E-state index contributed by atoms with van der Waals surface area (Å²) in [4.78, 5) is 16.8. The topological polar surface area (TPSA) is 79.2 Å². The zero-order valence-corrected chi connectivity index (χ0v) is 16.8. The maximum atomic E-state index is 12.4. The monoisotopic (exact) mass is 395 g/mol. The average Bonchev–Trinajstić information content (AvgIpc) is 3.20. The van der Waals surface area contributed by atoms with E-state index in [-0.39, 0.29) is 5.91 Å². The Balaban J connectivity index is 1.49. The summed E-state index contributed by atoms with van der Waals surface area (Å²) in [6.45, 7) is 4.01. The van der Waals surface area contributed by atoms with E-state index in [4.69, 9.17) is 23.5 Å². The Hall–Kier alpha value is -2.65. The van der Waals surface area contributed by atoms with E-state index in [1.54, 1.807) is 18.5 Å². The Bertz CT molecular complexity index is 1060. The summed E-state index contributed by atoms with van der Waals surface area (Å²) in [5, 5.41) is 14.5. The van der Waals surface area contributed by atoms with Crippen molar-refractivity contribution in [1.82, 2.24) is 29.8 Å². The first kappa shape index (κ1) is 20.6. The van der Waals surface area contributed by atoms with Crippen molar-refractivity contribution in [3.63, 3.8) is 0 Å². The molecule has 0 aliphatic carbocycles. The first-order valence-electron chi connectivity index (χ1n) is 9.68. The second-order valence-corrected chi connectivity index (χ2v) is 7.69. The lowest BCUT2D eigenvalue weighted by Gasteiger charge is -2.31. The molecule has 30 heavy (non-hydrogen) atoms. The minimum Gasteiger partial charge on any atom is -0.308 e. The van der Waals surface area contributed by atoms with Gasteiger partial charge in [-0.15, -0.1) is 10.2 Å².